The van der Waals surface area contributed by atoms with E-state index in [9.17, 15) is 18.0 Å². The van der Waals surface area contributed by atoms with Crippen molar-refractivity contribution >= 4 is 11.6 Å². The van der Waals surface area contributed by atoms with Crippen LogP contribution in [0.15, 0.2) is 35.9 Å². The highest BCUT2D eigenvalue weighted by molar-refractivity contribution is 6.00. The van der Waals surface area contributed by atoms with Crippen LogP contribution in [0, 0.1) is 11.3 Å². The van der Waals surface area contributed by atoms with Gasteiger partial charge in [0.25, 0.3) is 0 Å². The van der Waals surface area contributed by atoms with Gasteiger partial charge in [0.05, 0.1) is 23.8 Å². The fraction of sp³-hybridized carbons (Fsp3) is 0.167. The van der Waals surface area contributed by atoms with Crippen LogP contribution in [0.4, 0.5) is 18.9 Å². The second kappa shape index (κ2) is 6.02. The number of anilines is 1. The van der Waals surface area contributed by atoms with Crippen molar-refractivity contribution in [2.75, 3.05) is 11.9 Å². The molecule has 1 aromatic rings. The number of aliphatic hydroxyl groups is 1. The minimum Gasteiger partial charge on any atom is -0.391 e. The van der Waals surface area contributed by atoms with Crippen LogP contribution in [0.5, 0.6) is 0 Å². The zero-order valence-corrected chi connectivity index (χ0v) is 9.53. The van der Waals surface area contributed by atoms with Crippen LogP contribution < -0.4 is 5.32 Å². The average Bonchev–Trinajstić information content (AvgIpc) is 2.35. The van der Waals surface area contributed by atoms with Gasteiger partial charge in [-0.2, -0.15) is 18.4 Å². The Morgan fingerprint density at radius 1 is 1.37 bits per heavy atom. The lowest BCUT2D eigenvalue weighted by Gasteiger charge is -2.07. The van der Waals surface area contributed by atoms with E-state index in [1.807, 2.05) is 0 Å². The molecule has 1 amide bonds. The summed E-state index contributed by atoms with van der Waals surface area (Å²) >= 11 is 0. The SMILES string of the molecule is N#CC(=CC(=O)Nc1ccc(C(F)(F)F)cc1)CO. The molecule has 0 aromatic heterocycles. The van der Waals surface area contributed by atoms with Gasteiger partial charge >= 0.3 is 6.18 Å². The van der Waals surface area contributed by atoms with Crippen molar-refractivity contribution in [3.05, 3.63) is 41.5 Å². The lowest BCUT2D eigenvalue weighted by Crippen LogP contribution is -2.10. The number of nitrogens with zero attached hydrogens (tertiary/aromatic N) is 1. The molecule has 19 heavy (non-hydrogen) atoms. The molecular formula is C12H9F3N2O2. The summed E-state index contributed by atoms with van der Waals surface area (Å²) in [6, 6.07) is 5.45. The smallest absolute Gasteiger partial charge is 0.391 e. The molecule has 1 aromatic carbocycles. The van der Waals surface area contributed by atoms with Crippen molar-refractivity contribution in [3.8, 4) is 6.07 Å². The largest absolute Gasteiger partial charge is 0.416 e. The van der Waals surface area contributed by atoms with Gasteiger partial charge < -0.3 is 10.4 Å². The molecule has 0 radical (unpaired) electrons. The third kappa shape index (κ3) is 4.44. The molecule has 4 nitrogen and oxygen atoms in total. The van der Waals surface area contributed by atoms with Crippen molar-refractivity contribution in [1.82, 2.24) is 0 Å². The summed E-state index contributed by atoms with van der Waals surface area (Å²) in [5, 5.41) is 19.4. The van der Waals surface area contributed by atoms with E-state index in [1.54, 1.807) is 6.07 Å². The molecule has 0 aliphatic rings. The minimum atomic E-state index is -4.44. The number of carbonyl (C=O) groups excluding carboxylic acids is 1. The standard InChI is InChI=1S/C12H9F3N2O2/c13-12(14,15)9-1-3-10(4-2-9)17-11(19)5-8(6-16)7-18/h1-5,18H,7H2,(H,17,19). The van der Waals surface area contributed by atoms with E-state index in [0.717, 1.165) is 30.3 Å². The van der Waals surface area contributed by atoms with Crippen LogP contribution in [-0.4, -0.2) is 17.6 Å². The van der Waals surface area contributed by atoms with E-state index in [1.165, 1.54) is 0 Å². The van der Waals surface area contributed by atoms with Gasteiger partial charge in [0.2, 0.25) is 5.91 Å². The minimum absolute atomic E-state index is 0.149. The van der Waals surface area contributed by atoms with E-state index in [2.05, 4.69) is 5.32 Å². The zero-order valence-electron chi connectivity index (χ0n) is 9.53. The van der Waals surface area contributed by atoms with Crippen molar-refractivity contribution in [2.24, 2.45) is 0 Å². The number of rotatable bonds is 3. The number of aliphatic hydroxyl groups excluding tert-OH is 1. The first kappa shape index (κ1) is 14.7. The third-order valence-electron chi connectivity index (χ3n) is 2.10. The van der Waals surface area contributed by atoms with Crippen molar-refractivity contribution in [3.63, 3.8) is 0 Å². The maximum Gasteiger partial charge on any atom is 0.416 e. The van der Waals surface area contributed by atoms with Crippen LogP contribution in [0.3, 0.4) is 0 Å². The predicted molar refractivity (Wildman–Crippen MR) is 60.9 cm³/mol. The highest BCUT2D eigenvalue weighted by Gasteiger charge is 2.29. The number of halogens is 3. The summed E-state index contributed by atoms with van der Waals surface area (Å²) in [6.07, 6.45) is -3.56. The Morgan fingerprint density at radius 2 is 1.95 bits per heavy atom. The summed E-state index contributed by atoms with van der Waals surface area (Å²) in [5.41, 5.74) is -0.817. The van der Waals surface area contributed by atoms with Crippen LogP contribution in [-0.2, 0) is 11.0 Å². The van der Waals surface area contributed by atoms with E-state index < -0.39 is 24.3 Å². The Morgan fingerprint density at radius 3 is 2.37 bits per heavy atom. The Bertz CT molecular complexity index is 527. The first-order valence-corrected chi connectivity index (χ1v) is 5.06. The molecular weight excluding hydrogens is 261 g/mol. The van der Waals surface area contributed by atoms with Crippen LogP contribution >= 0.6 is 0 Å². The number of nitrogens with one attached hydrogen (secondary N) is 1. The van der Waals surface area contributed by atoms with Crippen molar-refractivity contribution in [2.45, 2.75) is 6.18 Å². The maximum absolute atomic E-state index is 12.3. The van der Waals surface area contributed by atoms with Gasteiger partial charge in [0, 0.05) is 11.8 Å². The molecule has 0 saturated carbocycles. The first-order chi connectivity index (χ1) is 8.86. The molecule has 0 unspecified atom stereocenters. The molecule has 1 rings (SSSR count). The summed E-state index contributed by atoms with van der Waals surface area (Å²) < 4.78 is 36.9. The molecule has 2 N–H and O–H groups in total. The van der Waals surface area contributed by atoms with Crippen LogP contribution in [0.25, 0.3) is 0 Å². The van der Waals surface area contributed by atoms with Gasteiger partial charge in [0.15, 0.2) is 0 Å². The number of hydrogen-bond acceptors (Lipinski definition) is 3. The maximum atomic E-state index is 12.3. The topological polar surface area (TPSA) is 73.1 Å². The van der Waals surface area contributed by atoms with Crippen LogP contribution in [0.2, 0.25) is 0 Å². The van der Waals surface area contributed by atoms with Crippen LogP contribution in [0.1, 0.15) is 5.56 Å². The van der Waals surface area contributed by atoms with E-state index in [-0.39, 0.29) is 11.3 Å². The normalized spacial score (nSPS) is 11.8. The number of hydrogen-bond donors (Lipinski definition) is 2. The monoisotopic (exact) mass is 270 g/mol. The number of alkyl halides is 3. The molecule has 0 saturated heterocycles. The second-order valence-electron chi connectivity index (χ2n) is 3.50. The summed E-state index contributed by atoms with van der Waals surface area (Å²) in [6.45, 7) is -0.586. The zero-order chi connectivity index (χ0) is 14.5. The van der Waals surface area contributed by atoms with Crippen molar-refractivity contribution in [1.29, 1.82) is 5.26 Å². The molecule has 0 atom stereocenters. The van der Waals surface area contributed by atoms with E-state index >= 15 is 0 Å². The highest BCUT2D eigenvalue weighted by atomic mass is 19.4. The Kier molecular flexibility index (Phi) is 4.67. The second-order valence-corrected chi connectivity index (χ2v) is 3.50. The van der Waals surface area contributed by atoms with Gasteiger partial charge in [-0.05, 0) is 24.3 Å². The van der Waals surface area contributed by atoms with Crippen molar-refractivity contribution < 1.29 is 23.1 Å². The number of nitriles is 1. The fourth-order valence-electron chi connectivity index (χ4n) is 1.19. The highest BCUT2D eigenvalue weighted by Crippen LogP contribution is 2.29. The molecule has 0 aliphatic carbocycles. The van der Waals surface area contributed by atoms with E-state index in [0.29, 0.717) is 0 Å². The Balaban J connectivity index is 2.77. The fourth-order valence-corrected chi connectivity index (χ4v) is 1.19. The molecule has 7 heteroatoms. The summed E-state index contributed by atoms with van der Waals surface area (Å²) in [7, 11) is 0. The Hall–Kier alpha value is -2.33. The summed E-state index contributed by atoms with van der Waals surface area (Å²) in [4.78, 5) is 11.4. The van der Waals surface area contributed by atoms with Gasteiger partial charge in [-0.1, -0.05) is 0 Å². The predicted octanol–water partition coefficient (Wildman–Crippen LogP) is 2.09. The van der Waals surface area contributed by atoms with Gasteiger partial charge in [-0.25, -0.2) is 0 Å². The first-order valence-electron chi connectivity index (χ1n) is 5.06. The number of amides is 1. The van der Waals surface area contributed by atoms with Gasteiger partial charge in [0.1, 0.15) is 0 Å². The lowest BCUT2D eigenvalue weighted by molar-refractivity contribution is -0.137. The Labute approximate surface area is 106 Å². The lowest BCUT2D eigenvalue weighted by atomic mass is 10.2. The third-order valence-corrected chi connectivity index (χ3v) is 2.10. The summed E-state index contributed by atoms with van der Waals surface area (Å²) in [5.74, 6) is -0.703. The van der Waals surface area contributed by atoms with E-state index in [4.69, 9.17) is 10.4 Å². The molecule has 0 fully saturated rings. The number of carbonyl (C=O) groups is 1. The van der Waals surface area contributed by atoms with Gasteiger partial charge in [-0.15, -0.1) is 0 Å². The molecule has 0 spiro atoms. The molecule has 0 heterocycles. The number of benzene rings is 1. The molecule has 0 bridgehead atoms. The average molecular weight is 270 g/mol. The molecule has 0 aliphatic heterocycles. The quantitative estimate of drug-likeness (QED) is 0.652. The van der Waals surface area contributed by atoms with Gasteiger partial charge in [-0.3, -0.25) is 4.79 Å². The molecule has 100 valence electrons.